The number of oxazole rings is 1. The molecule has 0 saturated heterocycles. The summed E-state index contributed by atoms with van der Waals surface area (Å²) in [5.74, 6) is -1.64. The van der Waals surface area contributed by atoms with E-state index in [4.69, 9.17) is 9.15 Å². The van der Waals surface area contributed by atoms with Gasteiger partial charge in [-0.1, -0.05) is 0 Å². The van der Waals surface area contributed by atoms with Gasteiger partial charge in [-0.05, 0) is 45.9 Å². The third-order valence-electron chi connectivity index (χ3n) is 2.96. The second-order valence-electron chi connectivity index (χ2n) is 6.30. The molecule has 0 spiro atoms. The predicted molar refractivity (Wildman–Crippen MR) is 85.5 cm³/mol. The third kappa shape index (κ3) is 4.18. The average Bonchev–Trinajstić information content (AvgIpc) is 2.78. The Bertz CT molecular complexity index is 790. The molecular formula is C17H19FN2O4. The second kappa shape index (κ2) is 6.43. The number of nitrogens with zero attached hydrogens (tertiary/aromatic N) is 1. The van der Waals surface area contributed by atoms with Crippen molar-refractivity contribution in [2.75, 3.05) is 5.32 Å². The van der Waals surface area contributed by atoms with E-state index in [-0.39, 0.29) is 17.0 Å². The Balaban J connectivity index is 2.17. The molecule has 1 N–H and O–H groups in total. The Morgan fingerprint density at radius 1 is 1.25 bits per heavy atom. The first-order chi connectivity index (χ1) is 11.1. The molecule has 0 aliphatic rings. The van der Waals surface area contributed by atoms with Crippen molar-refractivity contribution < 1.29 is 23.1 Å². The van der Waals surface area contributed by atoms with Gasteiger partial charge in [0.2, 0.25) is 5.76 Å². The van der Waals surface area contributed by atoms with Gasteiger partial charge in [0.15, 0.2) is 5.89 Å². The van der Waals surface area contributed by atoms with Gasteiger partial charge in [0.25, 0.3) is 5.91 Å². The molecule has 24 heavy (non-hydrogen) atoms. The maximum absolute atomic E-state index is 14.2. The van der Waals surface area contributed by atoms with Gasteiger partial charge in [0.1, 0.15) is 11.4 Å². The van der Waals surface area contributed by atoms with E-state index < -0.39 is 23.3 Å². The molecule has 128 valence electrons. The van der Waals surface area contributed by atoms with Crippen molar-refractivity contribution >= 4 is 17.6 Å². The van der Waals surface area contributed by atoms with Crippen molar-refractivity contribution in [1.29, 1.82) is 0 Å². The number of hydrogen-bond donors (Lipinski definition) is 1. The van der Waals surface area contributed by atoms with Crippen LogP contribution in [0.3, 0.4) is 0 Å². The van der Waals surface area contributed by atoms with Crippen LogP contribution in [-0.2, 0) is 4.74 Å². The lowest BCUT2D eigenvalue weighted by atomic mass is 10.1. The molecule has 0 saturated carbocycles. The highest BCUT2D eigenvalue weighted by Crippen LogP contribution is 2.20. The Hall–Kier alpha value is -2.70. The third-order valence-corrected chi connectivity index (χ3v) is 2.96. The standard InChI is InChI=1S/C17H19FN2O4/c1-9-14(23-10(2)19-9)15(21)20-13-7-6-11(8-12(13)18)16(22)24-17(3,4)5/h6-8H,1-5H3,(H,20,21). The molecule has 1 amide bonds. The zero-order valence-corrected chi connectivity index (χ0v) is 14.2. The molecule has 0 radical (unpaired) electrons. The molecule has 1 heterocycles. The summed E-state index contributed by atoms with van der Waals surface area (Å²) in [6, 6.07) is 3.69. The van der Waals surface area contributed by atoms with E-state index in [0.29, 0.717) is 11.6 Å². The van der Waals surface area contributed by atoms with Gasteiger partial charge in [-0.25, -0.2) is 14.2 Å². The molecular weight excluding hydrogens is 315 g/mol. The number of aryl methyl sites for hydroxylation is 2. The molecule has 0 bridgehead atoms. The average molecular weight is 334 g/mol. The van der Waals surface area contributed by atoms with E-state index >= 15 is 0 Å². The summed E-state index contributed by atoms with van der Waals surface area (Å²) in [7, 11) is 0. The topological polar surface area (TPSA) is 81.4 Å². The molecule has 6 nitrogen and oxygen atoms in total. The number of ether oxygens (including phenoxy) is 1. The number of rotatable bonds is 3. The van der Waals surface area contributed by atoms with Crippen molar-refractivity contribution in [3.8, 4) is 0 Å². The fourth-order valence-corrected chi connectivity index (χ4v) is 2.00. The minimum Gasteiger partial charge on any atom is -0.456 e. The summed E-state index contributed by atoms with van der Waals surface area (Å²) in [6.07, 6.45) is 0. The van der Waals surface area contributed by atoms with E-state index in [1.54, 1.807) is 34.6 Å². The molecule has 1 aromatic heterocycles. The first kappa shape index (κ1) is 17.7. The Morgan fingerprint density at radius 2 is 1.92 bits per heavy atom. The lowest BCUT2D eigenvalue weighted by molar-refractivity contribution is 0.00690. The summed E-state index contributed by atoms with van der Waals surface area (Å²) >= 11 is 0. The van der Waals surface area contributed by atoms with Gasteiger partial charge in [0.05, 0.1) is 16.9 Å². The molecule has 1 aromatic carbocycles. The number of hydrogen-bond acceptors (Lipinski definition) is 5. The minimum absolute atomic E-state index is 0.0168. The van der Waals surface area contributed by atoms with Crippen LogP contribution in [-0.4, -0.2) is 22.5 Å². The second-order valence-corrected chi connectivity index (χ2v) is 6.30. The van der Waals surface area contributed by atoms with Gasteiger partial charge < -0.3 is 14.5 Å². The number of carbonyl (C=O) groups is 2. The minimum atomic E-state index is -0.749. The Kier molecular flexibility index (Phi) is 4.73. The quantitative estimate of drug-likeness (QED) is 0.867. The van der Waals surface area contributed by atoms with Gasteiger partial charge in [0, 0.05) is 6.92 Å². The van der Waals surface area contributed by atoms with E-state index in [1.807, 2.05) is 0 Å². The van der Waals surface area contributed by atoms with Crippen LogP contribution in [0.2, 0.25) is 0 Å². The molecule has 2 aromatic rings. The molecule has 7 heteroatoms. The van der Waals surface area contributed by atoms with Crippen molar-refractivity contribution in [1.82, 2.24) is 4.98 Å². The van der Waals surface area contributed by atoms with Crippen LogP contribution >= 0.6 is 0 Å². The number of aromatic nitrogens is 1. The summed E-state index contributed by atoms with van der Waals surface area (Å²) in [4.78, 5) is 28.0. The molecule has 0 aliphatic carbocycles. The SMILES string of the molecule is Cc1nc(C)c(C(=O)Nc2ccc(C(=O)OC(C)(C)C)cc2F)o1. The maximum Gasteiger partial charge on any atom is 0.338 e. The maximum atomic E-state index is 14.2. The van der Waals surface area contributed by atoms with Crippen LogP contribution in [0.15, 0.2) is 22.6 Å². The van der Waals surface area contributed by atoms with Crippen molar-refractivity contribution in [3.05, 3.63) is 46.9 Å². The molecule has 0 unspecified atom stereocenters. The lowest BCUT2D eigenvalue weighted by Crippen LogP contribution is -2.24. The molecule has 0 fully saturated rings. The summed E-state index contributed by atoms with van der Waals surface area (Å²) in [5.41, 5.74) is -0.272. The summed E-state index contributed by atoms with van der Waals surface area (Å²) in [6.45, 7) is 8.39. The van der Waals surface area contributed by atoms with Gasteiger partial charge in [-0.15, -0.1) is 0 Å². The largest absolute Gasteiger partial charge is 0.456 e. The highest BCUT2D eigenvalue weighted by molar-refractivity contribution is 6.03. The monoisotopic (exact) mass is 334 g/mol. The fraction of sp³-hybridized carbons (Fsp3) is 0.353. The van der Waals surface area contributed by atoms with Gasteiger partial charge in [-0.3, -0.25) is 4.79 Å². The van der Waals surface area contributed by atoms with Crippen LogP contribution in [0.25, 0.3) is 0 Å². The van der Waals surface area contributed by atoms with Crippen LogP contribution in [0.4, 0.5) is 10.1 Å². The van der Waals surface area contributed by atoms with Crippen molar-refractivity contribution in [2.24, 2.45) is 0 Å². The highest BCUT2D eigenvalue weighted by Gasteiger charge is 2.21. The molecule has 0 aliphatic heterocycles. The van der Waals surface area contributed by atoms with Crippen LogP contribution in [0, 0.1) is 19.7 Å². The first-order valence-electron chi connectivity index (χ1n) is 7.35. The number of benzene rings is 1. The van der Waals surface area contributed by atoms with Crippen molar-refractivity contribution in [2.45, 2.75) is 40.2 Å². The first-order valence-corrected chi connectivity index (χ1v) is 7.35. The van der Waals surface area contributed by atoms with Crippen LogP contribution in [0.1, 0.15) is 53.3 Å². The zero-order valence-electron chi connectivity index (χ0n) is 14.2. The van der Waals surface area contributed by atoms with Crippen LogP contribution in [0.5, 0.6) is 0 Å². The number of amides is 1. The van der Waals surface area contributed by atoms with Crippen molar-refractivity contribution in [3.63, 3.8) is 0 Å². The number of esters is 1. The number of nitrogens with one attached hydrogen (secondary N) is 1. The Morgan fingerprint density at radius 3 is 2.42 bits per heavy atom. The normalized spacial score (nSPS) is 11.2. The molecule has 2 rings (SSSR count). The lowest BCUT2D eigenvalue weighted by Gasteiger charge is -2.19. The highest BCUT2D eigenvalue weighted by atomic mass is 19.1. The van der Waals surface area contributed by atoms with Gasteiger partial charge in [-0.2, -0.15) is 0 Å². The van der Waals surface area contributed by atoms with E-state index in [1.165, 1.54) is 12.1 Å². The van der Waals surface area contributed by atoms with Crippen LogP contribution < -0.4 is 5.32 Å². The van der Waals surface area contributed by atoms with E-state index in [0.717, 1.165) is 6.07 Å². The smallest absolute Gasteiger partial charge is 0.338 e. The number of carbonyl (C=O) groups excluding carboxylic acids is 2. The number of anilines is 1. The molecule has 0 atom stereocenters. The van der Waals surface area contributed by atoms with Gasteiger partial charge >= 0.3 is 5.97 Å². The van der Waals surface area contributed by atoms with E-state index in [9.17, 15) is 14.0 Å². The Labute approximate surface area is 139 Å². The van der Waals surface area contributed by atoms with E-state index in [2.05, 4.69) is 10.3 Å². The number of halogens is 1. The summed E-state index contributed by atoms with van der Waals surface area (Å²) < 4.78 is 24.5. The fourth-order valence-electron chi connectivity index (χ4n) is 2.00. The summed E-state index contributed by atoms with van der Waals surface area (Å²) in [5, 5.41) is 2.40. The zero-order chi connectivity index (χ0) is 18.1. The predicted octanol–water partition coefficient (Wildman–Crippen LogP) is 3.64.